The zero-order valence-electron chi connectivity index (χ0n) is 9.32. The van der Waals surface area contributed by atoms with Gasteiger partial charge in [-0.15, -0.1) is 0 Å². The summed E-state index contributed by atoms with van der Waals surface area (Å²) in [6.45, 7) is 5.73. The molecule has 4 heteroatoms. The summed E-state index contributed by atoms with van der Waals surface area (Å²) in [6.07, 6.45) is 1.78. The molecule has 0 bridgehead atoms. The Hall–Kier alpha value is -1.16. The van der Waals surface area contributed by atoms with Gasteiger partial charge in [-0.25, -0.2) is 8.42 Å². The van der Waals surface area contributed by atoms with E-state index in [-0.39, 0.29) is 0 Å². The fourth-order valence-corrected chi connectivity index (χ4v) is 1.88. The summed E-state index contributed by atoms with van der Waals surface area (Å²) in [5.74, 6) is 0. The average molecular weight is 226 g/mol. The van der Waals surface area contributed by atoms with Gasteiger partial charge in [-0.2, -0.15) is 0 Å². The van der Waals surface area contributed by atoms with Gasteiger partial charge in [-0.05, 0) is 18.6 Å². The third kappa shape index (κ3) is 2.65. The molecule has 0 amide bonds. The second-order valence-corrected chi connectivity index (χ2v) is 5.63. The smallest absolute Gasteiger partial charge is 0.232 e. The summed E-state index contributed by atoms with van der Waals surface area (Å²) in [6, 6.07) is 5.74. The first kappa shape index (κ1) is 11.9. The Bertz CT molecular complexity index is 452. The largest absolute Gasteiger partial charge is 0.273 e. The minimum atomic E-state index is -3.20. The van der Waals surface area contributed by atoms with Crippen LogP contribution in [0.3, 0.4) is 0 Å². The lowest BCUT2D eigenvalue weighted by atomic mass is 10.1. The molecule has 15 heavy (non-hydrogen) atoms. The lowest BCUT2D eigenvalue weighted by Gasteiger charge is -2.19. The van der Waals surface area contributed by atoms with E-state index >= 15 is 0 Å². The van der Waals surface area contributed by atoms with Crippen molar-refractivity contribution >= 4 is 15.7 Å². The summed E-state index contributed by atoms with van der Waals surface area (Å²) >= 11 is 0. The van der Waals surface area contributed by atoms with Crippen LogP contribution in [-0.2, 0) is 16.4 Å². The first-order valence-electron chi connectivity index (χ1n) is 4.69. The van der Waals surface area contributed by atoms with Crippen LogP contribution >= 0.6 is 0 Å². The van der Waals surface area contributed by atoms with E-state index < -0.39 is 10.0 Å². The number of hydrogen-bond donors (Lipinski definition) is 0. The molecule has 1 aromatic rings. The van der Waals surface area contributed by atoms with Crippen molar-refractivity contribution < 1.29 is 8.42 Å². The van der Waals surface area contributed by atoms with Gasteiger partial charge in [0.15, 0.2) is 0 Å². The van der Waals surface area contributed by atoms with Crippen molar-refractivity contribution in [3.8, 4) is 0 Å². The molecule has 1 rings (SSSR count). The van der Waals surface area contributed by atoms with Crippen LogP contribution in [0.15, 0.2) is 18.2 Å². The Labute approximate surface area is 91.8 Å². The summed E-state index contributed by atoms with van der Waals surface area (Å²) in [4.78, 5) is 0. The van der Waals surface area contributed by atoms with E-state index in [2.05, 4.69) is 6.92 Å². The van der Waals surface area contributed by atoms with Gasteiger partial charge in [0.05, 0.1) is 18.9 Å². The molecule has 0 aliphatic rings. The van der Waals surface area contributed by atoms with E-state index in [9.17, 15) is 8.42 Å². The van der Waals surface area contributed by atoms with E-state index in [0.717, 1.165) is 11.1 Å². The topological polar surface area (TPSA) is 37.4 Å². The number of nitrogens with zero attached hydrogens (tertiary/aromatic N) is 1. The highest BCUT2D eigenvalue weighted by Gasteiger charge is 2.15. The van der Waals surface area contributed by atoms with Crippen LogP contribution in [0.1, 0.15) is 11.1 Å². The molecule has 0 saturated carbocycles. The average Bonchev–Trinajstić information content (AvgIpc) is 2.15. The highest BCUT2D eigenvalue weighted by atomic mass is 32.2. The van der Waals surface area contributed by atoms with E-state index in [1.54, 1.807) is 7.05 Å². The monoisotopic (exact) mass is 226 g/mol. The molecule has 0 atom stereocenters. The molecule has 1 aromatic carbocycles. The molecule has 0 saturated heterocycles. The van der Waals surface area contributed by atoms with E-state index in [1.807, 2.05) is 25.1 Å². The van der Waals surface area contributed by atoms with Gasteiger partial charge >= 0.3 is 0 Å². The van der Waals surface area contributed by atoms with Crippen molar-refractivity contribution in [2.75, 3.05) is 17.6 Å². The molecule has 0 aromatic heterocycles. The minimum Gasteiger partial charge on any atom is -0.273 e. The van der Waals surface area contributed by atoms with Gasteiger partial charge in [0.1, 0.15) is 6.42 Å². The molecule has 0 spiro atoms. The molecule has 0 radical (unpaired) electrons. The van der Waals surface area contributed by atoms with Gasteiger partial charge in [-0.1, -0.05) is 12.1 Å². The number of aryl methyl sites for hydroxylation is 1. The second kappa shape index (κ2) is 4.14. The van der Waals surface area contributed by atoms with Crippen LogP contribution in [0.2, 0.25) is 0 Å². The Balaban J connectivity index is 3.29. The SMILES string of the molecule is [CH2+]Cc1ccc(C)cc1N(C)S(C)(=O)=O. The number of rotatable bonds is 3. The molecule has 0 fully saturated rings. The van der Waals surface area contributed by atoms with E-state index in [0.29, 0.717) is 12.1 Å². The number of sulfonamides is 1. The fourth-order valence-electron chi connectivity index (χ4n) is 1.36. The van der Waals surface area contributed by atoms with E-state index in [1.165, 1.54) is 10.6 Å². The van der Waals surface area contributed by atoms with Crippen molar-refractivity contribution in [3.05, 3.63) is 36.2 Å². The van der Waals surface area contributed by atoms with Crippen LogP contribution in [0.5, 0.6) is 0 Å². The van der Waals surface area contributed by atoms with Crippen LogP contribution in [-0.4, -0.2) is 21.7 Å². The van der Waals surface area contributed by atoms with Crippen molar-refractivity contribution in [1.82, 2.24) is 0 Å². The number of benzene rings is 1. The normalized spacial score (nSPS) is 11.4. The summed E-state index contributed by atoms with van der Waals surface area (Å²) in [7, 11) is -1.64. The van der Waals surface area contributed by atoms with Crippen molar-refractivity contribution in [2.24, 2.45) is 0 Å². The van der Waals surface area contributed by atoms with Crippen LogP contribution in [0.4, 0.5) is 5.69 Å². The Kier molecular flexibility index (Phi) is 3.29. The van der Waals surface area contributed by atoms with E-state index in [4.69, 9.17) is 0 Å². The Morgan fingerprint density at radius 1 is 1.40 bits per heavy atom. The van der Waals surface area contributed by atoms with Gasteiger partial charge in [0.25, 0.3) is 0 Å². The highest BCUT2D eigenvalue weighted by Crippen LogP contribution is 2.23. The lowest BCUT2D eigenvalue weighted by Crippen LogP contribution is -2.25. The fraction of sp³-hybridized carbons (Fsp3) is 0.364. The van der Waals surface area contributed by atoms with Gasteiger partial charge < -0.3 is 0 Å². The molecular formula is C11H16NO2S+. The zero-order chi connectivity index (χ0) is 11.6. The summed E-state index contributed by atoms with van der Waals surface area (Å²) in [5, 5.41) is 0. The predicted molar refractivity (Wildman–Crippen MR) is 63.5 cm³/mol. The molecular weight excluding hydrogens is 210 g/mol. The highest BCUT2D eigenvalue weighted by molar-refractivity contribution is 7.92. The quantitative estimate of drug-likeness (QED) is 0.737. The van der Waals surface area contributed by atoms with Crippen molar-refractivity contribution in [1.29, 1.82) is 0 Å². The van der Waals surface area contributed by atoms with Crippen LogP contribution in [0.25, 0.3) is 0 Å². The third-order valence-electron chi connectivity index (χ3n) is 2.35. The van der Waals surface area contributed by atoms with Crippen LogP contribution < -0.4 is 4.31 Å². The number of anilines is 1. The molecule has 0 N–H and O–H groups in total. The first-order valence-corrected chi connectivity index (χ1v) is 6.53. The molecule has 0 aliphatic carbocycles. The molecule has 82 valence electrons. The standard InChI is InChI=1S/C11H16NO2S/c1-5-10-7-6-9(2)8-11(10)12(3)15(4,13)14/h6-8H,1,5H2,2-4H3/q+1. The minimum absolute atomic E-state index is 0.579. The Morgan fingerprint density at radius 2 is 2.00 bits per heavy atom. The summed E-state index contributed by atoms with van der Waals surface area (Å²) < 4.78 is 24.1. The molecule has 0 aliphatic heterocycles. The first-order chi connectivity index (χ1) is 6.86. The molecule has 0 unspecified atom stereocenters. The lowest BCUT2D eigenvalue weighted by molar-refractivity contribution is 0.600. The maximum Gasteiger partial charge on any atom is 0.232 e. The predicted octanol–water partition coefficient (Wildman–Crippen LogP) is 1.77. The summed E-state index contributed by atoms with van der Waals surface area (Å²) in [5.41, 5.74) is 2.69. The second-order valence-electron chi connectivity index (χ2n) is 3.61. The van der Waals surface area contributed by atoms with Crippen molar-refractivity contribution in [2.45, 2.75) is 13.3 Å². The van der Waals surface area contributed by atoms with Crippen molar-refractivity contribution in [3.63, 3.8) is 0 Å². The molecule has 0 heterocycles. The van der Waals surface area contributed by atoms with Gasteiger partial charge in [0, 0.05) is 12.6 Å². The van der Waals surface area contributed by atoms with Crippen LogP contribution in [0, 0.1) is 13.8 Å². The molecule has 3 nitrogen and oxygen atoms in total. The number of hydrogen-bond acceptors (Lipinski definition) is 2. The third-order valence-corrected chi connectivity index (χ3v) is 3.54. The Morgan fingerprint density at radius 3 is 2.47 bits per heavy atom. The zero-order valence-corrected chi connectivity index (χ0v) is 10.1. The van der Waals surface area contributed by atoms with Gasteiger partial charge in [-0.3, -0.25) is 4.31 Å². The maximum atomic E-state index is 11.4. The van der Waals surface area contributed by atoms with Gasteiger partial charge in [0.2, 0.25) is 10.0 Å². The maximum absolute atomic E-state index is 11.4.